The predicted molar refractivity (Wildman–Crippen MR) is 60.9 cm³/mol. The van der Waals surface area contributed by atoms with Crippen LogP contribution < -0.4 is 5.32 Å². The molecule has 1 heterocycles. The molecular formula is C9H15N3O3S. The maximum Gasteiger partial charge on any atom is 0.334 e. The van der Waals surface area contributed by atoms with Crippen LogP contribution in [-0.4, -0.2) is 40.2 Å². The second-order valence-electron chi connectivity index (χ2n) is 3.56. The summed E-state index contributed by atoms with van der Waals surface area (Å²) in [6.45, 7) is 4.18. The van der Waals surface area contributed by atoms with Crippen molar-refractivity contribution in [3.8, 4) is 0 Å². The van der Waals surface area contributed by atoms with Crippen molar-refractivity contribution in [2.75, 3.05) is 19.0 Å². The van der Waals surface area contributed by atoms with Crippen LogP contribution in [-0.2, 0) is 9.53 Å². The van der Waals surface area contributed by atoms with E-state index in [-0.39, 0.29) is 12.5 Å². The summed E-state index contributed by atoms with van der Waals surface area (Å²) in [6.07, 6.45) is -0.869. The molecule has 0 saturated carbocycles. The van der Waals surface area contributed by atoms with Gasteiger partial charge < -0.3 is 15.2 Å². The van der Waals surface area contributed by atoms with Crippen molar-refractivity contribution in [2.45, 2.75) is 25.9 Å². The van der Waals surface area contributed by atoms with E-state index in [0.29, 0.717) is 5.13 Å². The maximum absolute atomic E-state index is 10.7. The maximum atomic E-state index is 10.7. The Balaban J connectivity index is 2.50. The van der Waals surface area contributed by atoms with Gasteiger partial charge in [0.2, 0.25) is 5.13 Å². The molecule has 1 rings (SSSR count). The number of aromatic nitrogens is 2. The minimum absolute atomic E-state index is 0.179. The molecule has 0 saturated heterocycles. The van der Waals surface area contributed by atoms with Gasteiger partial charge in [-0.1, -0.05) is 13.8 Å². The largest absolute Gasteiger partial charge is 0.479 e. The molecule has 1 aromatic rings. The quantitative estimate of drug-likeness (QED) is 0.782. The van der Waals surface area contributed by atoms with Gasteiger partial charge in [-0.2, -0.15) is 4.37 Å². The summed E-state index contributed by atoms with van der Waals surface area (Å²) in [5, 5.41) is 12.3. The first-order chi connectivity index (χ1) is 7.54. The molecule has 0 aliphatic carbocycles. The van der Waals surface area contributed by atoms with E-state index in [1.165, 1.54) is 18.6 Å². The number of ether oxygens (including phenoxy) is 1. The molecule has 0 bridgehead atoms. The van der Waals surface area contributed by atoms with Crippen molar-refractivity contribution in [3.05, 3.63) is 5.82 Å². The number of nitrogens with zero attached hydrogens (tertiary/aromatic N) is 2. The van der Waals surface area contributed by atoms with E-state index in [1.54, 1.807) is 0 Å². The van der Waals surface area contributed by atoms with Crippen LogP contribution >= 0.6 is 11.5 Å². The van der Waals surface area contributed by atoms with Gasteiger partial charge >= 0.3 is 5.97 Å². The van der Waals surface area contributed by atoms with Gasteiger partial charge in [0.05, 0.1) is 6.54 Å². The Morgan fingerprint density at radius 1 is 1.62 bits per heavy atom. The average Bonchev–Trinajstić information content (AvgIpc) is 2.67. The summed E-state index contributed by atoms with van der Waals surface area (Å²) in [5.41, 5.74) is 0. The molecule has 7 heteroatoms. The Hall–Kier alpha value is -1.21. The minimum Gasteiger partial charge on any atom is -0.479 e. The van der Waals surface area contributed by atoms with E-state index in [0.717, 1.165) is 5.82 Å². The van der Waals surface area contributed by atoms with E-state index in [2.05, 4.69) is 14.7 Å². The molecular weight excluding hydrogens is 230 g/mol. The van der Waals surface area contributed by atoms with E-state index >= 15 is 0 Å². The lowest BCUT2D eigenvalue weighted by atomic mass is 10.2. The number of methoxy groups -OCH3 is 1. The monoisotopic (exact) mass is 245 g/mol. The van der Waals surface area contributed by atoms with Gasteiger partial charge in [-0.15, -0.1) is 0 Å². The van der Waals surface area contributed by atoms with Gasteiger partial charge in [0.25, 0.3) is 0 Å². The summed E-state index contributed by atoms with van der Waals surface area (Å²) in [4.78, 5) is 14.9. The third-order valence-electron chi connectivity index (χ3n) is 1.96. The molecule has 90 valence electrons. The average molecular weight is 245 g/mol. The molecule has 0 spiro atoms. The van der Waals surface area contributed by atoms with Crippen molar-refractivity contribution in [1.29, 1.82) is 0 Å². The van der Waals surface area contributed by atoms with Crippen LogP contribution in [0.2, 0.25) is 0 Å². The first-order valence-corrected chi connectivity index (χ1v) is 5.65. The molecule has 0 aliphatic heterocycles. The highest BCUT2D eigenvalue weighted by molar-refractivity contribution is 7.09. The van der Waals surface area contributed by atoms with Crippen molar-refractivity contribution in [2.24, 2.45) is 0 Å². The number of aliphatic carboxylic acids is 1. The first-order valence-electron chi connectivity index (χ1n) is 4.87. The Kier molecular flexibility index (Phi) is 4.63. The van der Waals surface area contributed by atoms with E-state index in [4.69, 9.17) is 9.84 Å². The molecule has 1 unspecified atom stereocenters. The molecule has 0 aliphatic rings. The van der Waals surface area contributed by atoms with Crippen LogP contribution in [0.15, 0.2) is 0 Å². The summed E-state index contributed by atoms with van der Waals surface area (Å²) >= 11 is 1.22. The number of carboxylic acids is 1. The summed E-state index contributed by atoms with van der Waals surface area (Å²) in [5.74, 6) is 0.0323. The molecule has 0 amide bonds. The summed E-state index contributed by atoms with van der Waals surface area (Å²) < 4.78 is 8.93. The summed E-state index contributed by atoms with van der Waals surface area (Å²) in [6, 6.07) is 0. The number of rotatable bonds is 6. The number of nitrogens with one attached hydrogen (secondary N) is 1. The van der Waals surface area contributed by atoms with Crippen LogP contribution in [0.4, 0.5) is 5.13 Å². The standard InChI is InChI=1S/C9H15N3O3S/c1-5(2)7-11-9(16-12-7)10-4-6(15-3)8(13)14/h5-6H,4H2,1-3H3,(H,13,14)(H,10,11,12). The first kappa shape index (κ1) is 12.9. The van der Waals surface area contributed by atoms with Gasteiger partial charge in [-0.05, 0) is 0 Å². The Morgan fingerprint density at radius 2 is 2.31 bits per heavy atom. The second-order valence-corrected chi connectivity index (χ2v) is 4.31. The van der Waals surface area contributed by atoms with Gasteiger partial charge in [0.1, 0.15) is 5.82 Å². The molecule has 16 heavy (non-hydrogen) atoms. The van der Waals surface area contributed by atoms with Crippen molar-refractivity contribution in [1.82, 2.24) is 9.36 Å². The highest BCUT2D eigenvalue weighted by Crippen LogP contribution is 2.17. The molecule has 1 atom stereocenters. The van der Waals surface area contributed by atoms with Gasteiger partial charge in [-0.25, -0.2) is 9.78 Å². The Morgan fingerprint density at radius 3 is 2.75 bits per heavy atom. The normalized spacial score (nSPS) is 12.8. The fourth-order valence-electron chi connectivity index (χ4n) is 0.993. The van der Waals surface area contributed by atoms with E-state index < -0.39 is 12.1 Å². The fourth-order valence-corrected chi connectivity index (χ4v) is 1.71. The van der Waals surface area contributed by atoms with Crippen LogP contribution in [0.5, 0.6) is 0 Å². The number of hydrogen-bond acceptors (Lipinski definition) is 6. The fraction of sp³-hybridized carbons (Fsp3) is 0.667. The highest BCUT2D eigenvalue weighted by atomic mass is 32.1. The van der Waals surface area contributed by atoms with Crippen molar-refractivity contribution >= 4 is 22.6 Å². The lowest BCUT2D eigenvalue weighted by Gasteiger charge is -2.09. The minimum atomic E-state index is -0.997. The topological polar surface area (TPSA) is 84.3 Å². The van der Waals surface area contributed by atoms with Gasteiger partial charge in [0.15, 0.2) is 6.10 Å². The SMILES string of the molecule is COC(CNc1nc(C(C)C)ns1)C(=O)O. The van der Waals surface area contributed by atoms with E-state index in [9.17, 15) is 4.79 Å². The zero-order valence-corrected chi connectivity index (χ0v) is 10.2. The predicted octanol–water partition coefficient (Wildman–Crippen LogP) is 1.17. The van der Waals surface area contributed by atoms with Crippen LogP contribution in [0.3, 0.4) is 0 Å². The third kappa shape index (κ3) is 3.42. The van der Waals surface area contributed by atoms with Crippen LogP contribution in [0, 0.1) is 0 Å². The van der Waals surface area contributed by atoms with Gasteiger partial charge in [-0.3, -0.25) is 0 Å². The second kappa shape index (κ2) is 5.76. The Labute approximate surface area is 97.8 Å². The van der Waals surface area contributed by atoms with Crippen molar-refractivity contribution < 1.29 is 14.6 Å². The molecule has 2 N–H and O–H groups in total. The van der Waals surface area contributed by atoms with Gasteiger partial charge in [0, 0.05) is 24.6 Å². The number of carbonyl (C=O) groups is 1. The Bertz CT molecular complexity index is 354. The van der Waals surface area contributed by atoms with E-state index in [1.807, 2.05) is 13.8 Å². The van der Waals surface area contributed by atoms with Crippen molar-refractivity contribution in [3.63, 3.8) is 0 Å². The van der Waals surface area contributed by atoms with Crippen LogP contribution in [0.1, 0.15) is 25.6 Å². The highest BCUT2D eigenvalue weighted by Gasteiger charge is 2.16. The molecule has 0 fully saturated rings. The molecule has 0 radical (unpaired) electrons. The molecule has 6 nitrogen and oxygen atoms in total. The molecule has 0 aromatic carbocycles. The third-order valence-corrected chi connectivity index (χ3v) is 2.64. The smallest absolute Gasteiger partial charge is 0.334 e. The summed E-state index contributed by atoms with van der Waals surface area (Å²) in [7, 11) is 1.36. The zero-order valence-electron chi connectivity index (χ0n) is 9.43. The number of anilines is 1. The lowest BCUT2D eigenvalue weighted by molar-refractivity contribution is -0.147. The van der Waals surface area contributed by atoms with Crippen LogP contribution in [0.25, 0.3) is 0 Å². The zero-order chi connectivity index (χ0) is 12.1. The number of hydrogen-bond donors (Lipinski definition) is 2. The molecule has 1 aromatic heterocycles. The number of carboxylic acid groups (broad SMARTS) is 1. The lowest BCUT2D eigenvalue weighted by Crippen LogP contribution is -2.30.